The summed E-state index contributed by atoms with van der Waals surface area (Å²) in [5.74, 6) is 0.441. The van der Waals surface area contributed by atoms with Crippen LogP contribution in [0, 0.1) is 5.82 Å². The molecule has 0 amide bonds. The maximum Gasteiger partial charge on any atom is 0.528 e. The molecule has 168 valence electrons. The van der Waals surface area contributed by atoms with Crippen LogP contribution in [0.1, 0.15) is 26.7 Å². The summed E-state index contributed by atoms with van der Waals surface area (Å²) in [6, 6.07) is 6.56. The van der Waals surface area contributed by atoms with E-state index in [4.69, 9.17) is 14.3 Å². The molecule has 0 spiro atoms. The fraction of sp³-hybridized carbons (Fsp3) is 0.476. The largest absolute Gasteiger partial charge is 0.528 e. The van der Waals surface area contributed by atoms with Gasteiger partial charge < -0.3 is 24.5 Å². The van der Waals surface area contributed by atoms with Crippen molar-refractivity contribution < 1.29 is 23.5 Å². The molecule has 0 saturated carbocycles. The van der Waals surface area contributed by atoms with Gasteiger partial charge in [-0.1, -0.05) is 0 Å². The van der Waals surface area contributed by atoms with E-state index in [9.17, 15) is 9.18 Å². The minimum Gasteiger partial charge on any atom is -0.474 e. The fourth-order valence-corrected chi connectivity index (χ4v) is 3.03. The standard InChI is InChI=1S/C21H28FN5O4/c1-14(2)29-21(28)31-27-9-7-16(8-10-27)30-20-12-19(23-13-24-20)25-18-6-5-15(26(3)4)11-17(18)22/h5-6,11-14,16H,7-10H2,1-4H3,(H,23,24,25). The monoisotopic (exact) mass is 433 g/mol. The molecule has 0 aliphatic carbocycles. The molecule has 0 atom stereocenters. The first-order valence-corrected chi connectivity index (χ1v) is 10.2. The second-order valence-corrected chi connectivity index (χ2v) is 7.68. The minimum atomic E-state index is -0.702. The van der Waals surface area contributed by atoms with Crippen LogP contribution >= 0.6 is 0 Å². The van der Waals surface area contributed by atoms with Gasteiger partial charge in [-0.15, -0.1) is 5.06 Å². The number of rotatable bonds is 7. The molecule has 0 radical (unpaired) electrons. The summed E-state index contributed by atoms with van der Waals surface area (Å²) in [4.78, 5) is 26.9. The van der Waals surface area contributed by atoms with Gasteiger partial charge in [-0.3, -0.25) is 0 Å². The van der Waals surface area contributed by atoms with Gasteiger partial charge in [0.2, 0.25) is 5.88 Å². The normalized spacial score (nSPS) is 14.9. The lowest BCUT2D eigenvalue weighted by molar-refractivity contribution is -0.151. The molecule has 9 nitrogen and oxygen atoms in total. The number of benzene rings is 1. The SMILES string of the molecule is CC(C)OC(=O)ON1CCC(Oc2cc(Nc3ccc(N(C)C)cc3F)ncn2)CC1. The number of carbonyl (C=O) groups excluding carboxylic acids is 1. The van der Waals surface area contributed by atoms with Crippen LogP contribution in [-0.2, 0) is 9.57 Å². The van der Waals surface area contributed by atoms with Crippen LogP contribution in [0.5, 0.6) is 5.88 Å². The van der Waals surface area contributed by atoms with E-state index < -0.39 is 6.16 Å². The summed E-state index contributed by atoms with van der Waals surface area (Å²) >= 11 is 0. The smallest absolute Gasteiger partial charge is 0.474 e. The summed E-state index contributed by atoms with van der Waals surface area (Å²) < 4.78 is 25.3. The lowest BCUT2D eigenvalue weighted by Crippen LogP contribution is -2.40. The van der Waals surface area contributed by atoms with Gasteiger partial charge in [0.1, 0.15) is 24.1 Å². The summed E-state index contributed by atoms with van der Waals surface area (Å²) in [7, 11) is 3.70. The molecule has 2 heterocycles. The van der Waals surface area contributed by atoms with Gasteiger partial charge in [-0.2, -0.15) is 0 Å². The highest BCUT2D eigenvalue weighted by Gasteiger charge is 2.24. The number of piperidine rings is 1. The minimum absolute atomic E-state index is 0.0835. The zero-order valence-corrected chi connectivity index (χ0v) is 18.2. The number of halogens is 1. The zero-order valence-electron chi connectivity index (χ0n) is 18.2. The number of hydrogen-bond donors (Lipinski definition) is 1. The Bertz CT molecular complexity index is 888. The third-order valence-corrected chi connectivity index (χ3v) is 4.60. The van der Waals surface area contributed by atoms with Gasteiger partial charge in [0.15, 0.2) is 0 Å². The van der Waals surface area contributed by atoms with E-state index >= 15 is 0 Å². The van der Waals surface area contributed by atoms with Gasteiger partial charge >= 0.3 is 6.16 Å². The lowest BCUT2D eigenvalue weighted by atomic mass is 10.1. The van der Waals surface area contributed by atoms with Crippen LogP contribution in [0.15, 0.2) is 30.6 Å². The van der Waals surface area contributed by atoms with E-state index in [0.717, 1.165) is 5.69 Å². The van der Waals surface area contributed by atoms with Crippen molar-refractivity contribution in [2.45, 2.75) is 38.9 Å². The number of carbonyl (C=O) groups is 1. The Kier molecular flexibility index (Phi) is 7.45. The summed E-state index contributed by atoms with van der Waals surface area (Å²) in [6.45, 7) is 4.58. The van der Waals surface area contributed by atoms with E-state index in [1.807, 2.05) is 25.1 Å². The number of anilines is 3. The first-order valence-electron chi connectivity index (χ1n) is 10.2. The van der Waals surface area contributed by atoms with Crippen molar-refractivity contribution in [1.29, 1.82) is 0 Å². The van der Waals surface area contributed by atoms with Gasteiger partial charge in [0.25, 0.3) is 0 Å². The Morgan fingerprint density at radius 1 is 1.23 bits per heavy atom. The number of hydroxylamine groups is 2. The molecule has 10 heteroatoms. The second kappa shape index (κ2) is 10.3. The highest BCUT2D eigenvalue weighted by molar-refractivity contribution is 5.62. The lowest BCUT2D eigenvalue weighted by Gasteiger charge is -2.30. The van der Waals surface area contributed by atoms with Crippen molar-refractivity contribution in [2.24, 2.45) is 0 Å². The molecule has 2 aromatic rings. The van der Waals surface area contributed by atoms with Gasteiger partial charge in [-0.05, 0) is 32.0 Å². The number of nitrogens with zero attached hydrogens (tertiary/aromatic N) is 4. The average molecular weight is 433 g/mol. The molecule has 1 aliphatic heterocycles. The molecule has 1 N–H and O–H groups in total. The van der Waals surface area contributed by atoms with Crippen LogP contribution in [0.4, 0.5) is 26.4 Å². The number of aromatic nitrogens is 2. The molecule has 1 aromatic heterocycles. The predicted octanol–water partition coefficient (Wildman–Crippen LogP) is 3.75. The van der Waals surface area contributed by atoms with E-state index in [2.05, 4.69) is 15.3 Å². The molecule has 0 bridgehead atoms. The third kappa shape index (κ3) is 6.68. The number of hydrogen-bond acceptors (Lipinski definition) is 9. The molecule has 1 saturated heterocycles. The second-order valence-electron chi connectivity index (χ2n) is 7.68. The fourth-order valence-electron chi connectivity index (χ4n) is 3.03. The van der Waals surface area contributed by atoms with Crippen molar-refractivity contribution in [3.8, 4) is 5.88 Å². The van der Waals surface area contributed by atoms with Crippen LogP contribution in [0.3, 0.4) is 0 Å². The first kappa shape index (κ1) is 22.5. The summed E-state index contributed by atoms with van der Waals surface area (Å²) in [5.41, 5.74) is 1.08. The molecule has 1 fully saturated rings. The van der Waals surface area contributed by atoms with E-state index in [1.165, 1.54) is 12.4 Å². The first-order chi connectivity index (χ1) is 14.8. The van der Waals surface area contributed by atoms with Gasteiger partial charge in [-0.25, -0.2) is 19.2 Å². The Morgan fingerprint density at radius 3 is 2.61 bits per heavy atom. The third-order valence-electron chi connectivity index (χ3n) is 4.60. The highest BCUT2D eigenvalue weighted by atomic mass is 19.1. The maximum atomic E-state index is 14.4. The van der Waals surface area contributed by atoms with Gasteiger partial charge in [0, 0.05) is 51.8 Å². The van der Waals surface area contributed by atoms with Crippen LogP contribution < -0.4 is 15.0 Å². The number of ether oxygens (including phenoxy) is 2. The average Bonchev–Trinajstić information content (AvgIpc) is 2.70. The van der Waals surface area contributed by atoms with Crippen LogP contribution in [0.2, 0.25) is 0 Å². The predicted molar refractivity (Wildman–Crippen MR) is 114 cm³/mol. The van der Waals surface area contributed by atoms with Crippen molar-refractivity contribution in [3.63, 3.8) is 0 Å². The Morgan fingerprint density at radius 2 is 1.97 bits per heavy atom. The van der Waals surface area contributed by atoms with E-state index in [-0.39, 0.29) is 18.0 Å². The topological polar surface area (TPSA) is 89.0 Å². The van der Waals surface area contributed by atoms with Crippen LogP contribution in [0.25, 0.3) is 0 Å². The molecule has 3 rings (SSSR count). The Hall–Kier alpha value is -3.14. The van der Waals surface area contributed by atoms with Gasteiger partial charge in [0.05, 0.1) is 11.8 Å². The van der Waals surface area contributed by atoms with Crippen LogP contribution in [-0.4, -0.2) is 60.6 Å². The van der Waals surface area contributed by atoms with Crippen molar-refractivity contribution in [1.82, 2.24) is 15.0 Å². The maximum absolute atomic E-state index is 14.4. The van der Waals surface area contributed by atoms with E-state index in [0.29, 0.717) is 43.3 Å². The summed E-state index contributed by atoms with van der Waals surface area (Å²) in [6.07, 6.45) is 1.66. The van der Waals surface area contributed by atoms with Crippen molar-refractivity contribution in [2.75, 3.05) is 37.4 Å². The molecule has 0 unspecified atom stereocenters. The zero-order chi connectivity index (χ0) is 22.4. The quantitative estimate of drug-likeness (QED) is 0.656. The van der Waals surface area contributed by atoms with Crippen molar-refractivity contribution >= 4 is 23.3 Å². The Balaban J connectivity index is 1.53. The molecule has 31 heavy (non-hydrogen) atoms. The van der Waals surface area contributed by atoms with Crippen molar-refractivity contribution in [3.05, 3.63) is 36.4 Å². The highest BCUT2D eigenvalue weighted by Crippen LogP contribution is 2.25. The molecular formula is C21H28FN5O4. The van der Waals surface area contributed by atoms with E-state index in [1.54, 1.807) is 31.0 Å². The number of nitrogens with one attached hydrogen (secondary N) is 1. The molecule has 1 aromatic carbocycles. The molecular weight excluding hydrogens is 405 g/mol. The Labute approximate surface area is 181 Å². The molecule has 1 aliphatic rings. The summed E-state index contributed by atoms with van der Waals surface area (Å²) in [5, 5.41) is 4.52.